The van der Waals surface area contributed by atoms with Gasteiger partial charge in [0.15, 0.2) is 0 Å². The molecule has 1 aromatic rings. The molecule has 0 spiro atoms. The van der Waals surface area contributed by atoms with E-state index in [0.717, 1.165) is 11.3 Å². The third-order valence-electron chi connectivity index (χ3n) is 2.63. The Balaban J connectivity index is 3.03. The summed E-state index contributed by atoms with van der Waals surface area (Å²) < 4.78 is 0. The molecule has 0 bridgehead atoms. The lowest BCUT2D eigenvalue weighted by atomic mass is 10.1. The highest BCUT2D eigenvalue weighted by atomic mass is 16.3. The molecular formula is C13H18N2O. The second-order valence-corrected chi connectivity index (χ2v) is 4.12. The van der Waals surface area contributed by atoms with Crippen LogP contribution in [-0.2, 0) is 0 Å². The number of nitrogens with zero attached hydrogens (tertiary/aromatic N) is 2. The van der Waals surface area contributed by atoms with Crippen molar-refractivity contribution in [3.8, 4) is 6.07 Å². The van der Waals surface area contributed by atoms with Gasteiger partial charge in [0.2, 0.25) is 0 Å². The fourth-order valence-electron chi connectivity index (χ4n) is 1.75. The lowest BCUT2D eigenvalue weighted by Crippen LogP contribution is -2.33. The molecular weight excluding hydrogens is 200 g/mol. The van der Waals surface area contributed by atoms with E-state index >= 15 is 0 Å². The van der Waals surface area contributed by atoms with Gasteiger partial charge in [0, 0.05) is 18.3 Å². The van der Waals surface area contributed by atoms with Crippen molar-refractivity contribution in [3.63, 3.8) is 0 Å². The van der Waals surface area contributed by atoms with Crippen LogP contribution in [0.4, 0.5) is 5.69 Å². The number of nitriles is 1. The van der Waals surface area contributed by atoms with E-state index in [1.807, 2.05) is 25.1 Å². The van der Waals surface area contributed by atoms with Crippen LogP contribution in [0.3, 0.4) is 0 Å². The third kappa shape index (κ3) is 2.74. The summed E-state index contributed by atoms with van der Waals surface area (Å²) in [7, 11) is 0. The van der Waals surface area contributed by atoms with Gasteiger partial charge in [0.25, 0.3) is 0 Å². The van der Waals surface area contributed by atoms with Crippen molar-refractivity contribution in [2.75, 3.05) is 18.1 Å². The largest absolute Gasteiger partial charge is 0.395 e. The van der Waals surface area contributed by atoms with Gasteiger partial charge in [0.1, 0.15) is 0 Å². The van der Waals surface area contributed by atoms with Crippen LogP contribution in [0.1, 0.15) is 25.0 Å². The zero-order chi connectivity index (χ0) is 12.1. The van der Waals surface area contributed by atoms with Gasteiger partial charge >= 0.3 is 0 Å². The maximum absolute atomic E-state index is 9.02. The summed E-state index contributed by atoms with van der Waals surface area (Å²) in [6.07, 6.45) is 0. The van der Waals surface area contributed by atoms with Gasteiger partial charge in [-0.25, -0.2) is 0 Å². The first kappa shape index (κ1) is 12.5. The molecule has 0 aromatic heterocycles. The molecule has 86 valence electrons. The molecule has 1 aromatic carbocycles. The summed E-state index contributed by atoms with van der Waals surface area (Å²) >= 11 is 0. The summed E-state index contributed by atoms with van der Waals surface area (Å²) in [4.78, 5) is 2.12. The van der Waals surface area contributed by atoms with Crippen LogP contribution < -0.4 is 4.90 Å². The molecule has 0 amide bonds. The molecule has 0 unspecified atom stereocenters. The molecule has 0 fully saturated rings. The van der Waals surface area contributed by atoms with Crippen molar-refractivity contribution in [2.45, 2.75) is 26.8 Å². The van der Waals surface area contributed by atoms with Crippen LogP contribution in [0, 0.1) is 18.3 Å². The zero-order valence-electron chi connectivity index (χ0n) is 10.1. The van der Waals surface area contributed by atoms with Crippen LogP contribution in [0.15, 0.2) is 18.2 Å². The van der Waals surface area contributed by atoms with E-state index in [-0.39, 0.29) is 6.61 Å². The number of hydrogen-bond acceptors (Lipinski definition) is 3. The molecule has 16 heavy (non-hydrogen) atoms. The lowest BCUT2D eigenvalue weighted by molar-refractivity contribution is 0.299. The fourth-order valence-corrected chi connectivity index (χ4v) is 1.75. The van der Waals surface area contributed by atoms with Crippen LogP contribution in [0.2, 0.25) is 0 Å². The summed E-state index contributed by atoms with van der Waals surface area (Å²) in [5.41, 5.74) is 2.74. The summed E-state index contributed by atoms with van der Waals surface area (Å²) in [5.74, 6) is 0. The minimum Gasteiger partial charge on any atom is -0.395 e. The van der Waals surface area contributed by atoms with E-state index in [1.165, 1.54) is 0 Å². The van der Waals surface area contributed by atoms with Crippen LogP contribution >= 0.6 is 0 Å². The molecule has 0 saturated heterocycles. The van der Waals surface area contributed by atoms with Crippen molar-refractivity contribution in [1.82, 2.24) is 0 Å². The summed E-state index contributed by atoms with van der Waals surface area (Å²) in [6, 6.07) is 8.24. The van der Waals surface area contributed by atoms with Gasteiger partial charge < -0.3 is 10.0 Å². The molecule has 0 aliphatic heterocycles. The highest BCUT2D eigenvalue weighted by Gasteiger charge is 2.10. The van der Waals surface area contributed by atoms with Crippen molar-refractivity contribution in [1.29, 1.82) is 5.26 Å². The van der Waals surface area contributed by atoms with E-state index in [0.29, 0.717) is 18.2 Å². The average molecular weight is 218 g/mol. The normalized spacial score (nSPS) is 10.2. The van der Waals surface area contributed by atoms with Gasteiger partial charge in [-0.15, -0.1) is 0 Å². The molecule has 0 heterocycles. The predicted molar refractivity (Wildman–Crippen MR) is 65.5 cm³/mol. The Labute approximate surface area is 96.9 Å². The summed E-state index contributed by atoms with van der Waals surface area (Å²) in [5, 5.41) is 17.9. The first-order chi connectivity index (χ1) is 7.60. The zero-order valence-corrected chi connectivity index (χ0v) is 10.1. The minimum absolute atomic E-state index is 0.136. The Kier molecular flexibility index (Phi) is 4.33. The number of aliphatic hydroxyl groups is 1. The second kappa shape index (κ2) is 5.53. The predicted octanol–water partition coefficient (Wildman–Crippen LogP) is 2.07. The maximum atomic E-state index is 9.02. The first-order valence-corrected chi connectivity index (χ1v) is 5.48. The highest BCUT2D eigenvalue weighted by Crippen LogP contribution is 2.20. The van der Waals surface area contributed by atoms with E-state index in [9.17, 15) is 0 Å². The number of rotatable bonds is 4. The molecule has 3 nitrogen and oxygen atoms in total. The van der Waals surface area contributed by atoms with Crippen molar-refractivity contribution < 1.29 is 5.11 Å². The van der Waals surface area contributed by atoms with Gasteiger partial charge in [-0.2, -0.15) is 5.26 Å². The Bertz CT molecular complexity index is 393. The Morgan fingerprint density at radius 3 is 2.56 bits per heavy atom. The number of aliphatic hydroxyl groups excluding tert-OH is 1. The van der Waals surface area contributed by atoms with E-state index < -0.39 is 0 Å². The standard InChI is InChI=1S/C13H18N2O/c1-10(2)15(6-7-16)13-5-4-12(9-14)11(3)8-13/h4-5,8,10,16H,6-7H2,1-3H3. The van der Waals surface area contributed by atoms with Gasteiger partial charge in [0.05, 0.1) is 18.2 Å². The average Bonchev–Trinajstić information content (AvgIpc) is 2.25. The minimum atomic E-state index is 0.136. The topological polar surface area (TPSA) is 47.3 Å². The molecule has 0 aliphatic rings. The molecule has 0 radical (unpaired) electrons. The van der Waals surface area contributed by atoms with E-state index in [1.54, 1.807) is 0 Å². The third-order valence-corrected chi connectivity index (χ3v) is 2.63. The smallest absolute Gasteiger partial charge is 0.0994 e. The van der Waals surface area contributed by atoms with Crippen LogP contribution in [0.5, 0.6) is 0 Å². The molecule has 0 atom stereocenters. The monoisotopic (exact) mass is 218 g/mol. The van der Waals surface area contributed by atoms with Gasteiger partial charge in [-0.1, -0.05) is 0 Å². The van der Waals surface area contributed by atoms with Crippen molar-refractivity contribution >= 4 is 5.69 Å². The fraction of sp³-hybridized carbons (Fsp3) is 0.462. The number of hydrogen-bond donors (Lipinski definition) is 1. The molecule has 3 heteroatoms. The molecule has 1 rings (SSSR count). The second-order valence-electron chi connectivity index (χ2n) is 4.12. The summed E-state index contributed by atoms with van der Waals surface area (Å²) in [6.45, 7) is 6.85. The Morgan fingerprint density at radius 2 is 2.12 bits per heavy atom. The van der Waals surface area contributed by atoms with E-state index in [4.69, 9.17) is 10.4 Å². The SMILES string of the molecule is Cc1cc(N(CCO)C(C)C)ccc1C#N. The van der Waals surface area contributed by atoms with Crippen molar-refractivity contribution in [3.05, 3.63) is 29.3 Å². The van der Waals surface area contributed by atoms with Crippen molar-refractivity contribution in [2.24, 2.45) is 0 Å². The van der Waals surface area contributed by atoms with E-state index in [2.05, 4.69) is 24.8 Å². The van der Waals surface area contributed by atoms with Crippen LogP contribution in [-0.4, -0.2) is 24.3 Å². The Hall–Kier alpha value is -1.53. The quantitative estimate of drug-likeness (QED) is 0.841. The first-order valence-electron chi connectivity index (χ1n) is 5.48. The molecule has 1 N–H and O–H groups in total. The highest BCUT2D eigenvalue weighted by molar-refractivity contribution is 5.54. The Morgan fingerprint density at radius 1 is 1.44 bits per heavy atom. The molecule has 0 saturated carbocycles. The number of aryl methyl sites for hydroxylation is 1. The lowest BCUT2D eigenvalue weighted by Gasteiger charge is -2.28. The van der Waals surface area contributed by atoms with Crippen LogP contribution in [0.25, 0.3) is 0 Å². The number of anilines is 1. The maximum Gasteiger partial charge on any atom is 0.0994 e. The molecule has 0 aliphatic carbocycles. The van der Waals surface area contributed by atoms with Gasteiger partial charge in [-0.3, -0.25) is 0 Å². The number of benzene rings is 1. The van der Waals surface area contributed by atoms with Gasteiger partial charge in [-0.05, 0) is 44.5 Å².